The van der Waals surface area contributed by atoms with Crippen molar-refractivity contribution in [2.24, 2.45) is 0 Å². The van der Waals surface area contributed by atoms with Crippen LogP contribution >= 0.6 is 15.9 Å². The zero-order chi connectivity index (χ0) is 12.1. The molecule has 0 aliphatic carbocycles. The molecule has 0 spiro atoms. The van der Waals surface area contributed by atoms with Crippen molar-refractivity contribution in [3.05, 3.63) is 0 Å². The molecule has 4 nitrogen and oxygen atoms in total. The van der Waals surface area contributed by atoms with Gasteiger partial charge in [-0.05, 0) is 27.7 Å². The summed E-state index contributed by atoms with van der Waals surface area (Å²) < 4.78 is 30.9. The van der Waals surface area contributed by atoms with Gasteiger partial charge in [-0.3, -0.25) is 0 Å². The fourth-order valence-corrected chi connectivity index (χ4v) is 2.55. The number of rotatable bonds is 7. The van der Waals surface area contributed by atoms with Gasteiger partial charge in [-0.15, -0.1) is 0 Å². The van der Waals surface area contributed by atoms with Gasteiger partial charge >= 0.3 is 0 Å². The molecular weight excluding hydrogens is 282 g/mol. The van der Waals surface area contributed by atoms with Crippen LogP contribution in [-0.2, 0) is 14.8 Å². The molecule has 0 aliphatic rings. The monoisotopic (exact) mass is 301 g/mol. The van der Waals surface area contributed by atoms with Crippen molar-refractivity contribution >= 4 is 26.0 Å². The number of ether oxygens (including phenoxy) is 1. The van der Waals surface area contributed by atoms with Crippen LogP contribution in [0.25, 0.3) is 0 Å². The predicted molar refractivity (Wildman–Crippen MR) is 65.9 cm³/mol. The molecule has 92 valence electrons. The lowest BCUT2D eigenvalue weighted by Crippen LogP contribution is -2.46. The van der Waals surface area contributed by atoms with E-state index in [0.29, 0.717) is 5.33 Å². The zero-order valence-corrected chi connectivity index (χ0v) is 12.1. The van der Waals surface area contributed by atoms with Crippen LogP contribution in [0.15, 0.2) is 0 Å². The highest BCUT2D eigenvalue weighted by Gasteiger charge is 2.23. The van der Waals surface area contributed by atoms with E-state index in [0.717, 1.165) is 0 Å². The van der Waals surface area contributed by atoms with Crippen molar-refractivity contribution in [2.45, 2.75) is 39.3 Å². The first-order valence-corrected chi connectivity index (χ1v) is 7.65. The summed E-state index contributed by atoms with van der Waals surface area (Å²) in [6.45, 7) is 7.63. The predicted octanol–water partition coefficient (Wildman–Crippen LogP) is 1.50. The molecule has 15 heavy (non-hydrogen) atoms. The summed E-state index contributed by atoms with van der Waals surface area (Å²) in [6.07, 6.45) is 0.0596. The van der Waals surface area contributed by atoms with Crippen molar-refractivity contribution in [1.82, 2.24) is 4.72 Å². The van der Waals surface area contributed by atoms with Gasteiger partial charge in [-0.25, -0.2) is 13.1 Å². The van der Waals surface area contributed by atoms with Crippen molar-refractivity contribution in [3.63, 3.8) is 0 Å². The van der Waals surface area contributed by atoms with E-state index in [1.54, 1.807) is 0 Å². The normalized spacial score (nSPS) is 13.5. The average molecular weight is 302 g/mol. The Balaban J connectivity index is 4.09. The quantitative estimate of drug-likeness (QED) is 0.725. The van der Waals surface area contributed by atoms with Crippen LogP contribution in [0, 0.1) is 0 Å². The Morgan fingerprint density at radius 3 is 2.33 bits per heavy atom. The maximum absolute atomic E-state index is 11.6. The largest absolute Gasteiger partial charge is 0.378 e. The molecule has 6 heteroatoms. The Hall–Kier alpha value is 0.350. The summed E-state index contributed by atoms with van der Waals surface area (Å²) in [5.74, 6) is 0.00160. The van der Waals surface area contributed by atoms with Gasteiger partial charge in [0, 0.05) is 10.9 Å². The van der Waals surface area contributed by atoms with E-state index in [-0.39, 0.29) is 18.5 Å². The van der Waals surface area contributed by atoms with Gasteiger partial charge in [-0.2, -0.15) is 0 Å². The molecule has 0 radical (unpaired) electrons. The maximum Gasteiger partial charge on any atom is 0.214 e. The highest BCUT2D eigenvalue weighted by atomic mass is 79.9. The molecule has 0 rings (SSSR count). The van der Waals surface area contributed by atoms with Crippen molar-refractivity contribution in [3.8, 4) is 0 Å². The van der Waals surface area contributed by atoms with Crippen molar-refractivity contribution in [1.29, 1.82) is 0 Å². The molecule has 0 saturated heterocycles. The Bertz CT molecular complexity index is 275. The lowest BCUT2D eigenvalue weighted by molar-refractivity contribution is 0.0911. The number of halogens is 1. The average Bonchev–Trinajstić information content (AvgIpc) is 2.01. The second-order valence-corrected chi connectivity index (χ2v) is 6.76. The van der Waals surface area contributed by atoms with Crippen LogP contribution in [0.3, 0.4) is 0 Å². The summed E-state index contributed by atoms with van der Waals surface area (Å²) in [5, 5.41) is 0.574. The van der Waals surface area contributed by atoms with Gasteiger partial charge in [0.1, 0.15) is 0 Å². The van der Waals surface area contributed by atoms with E-state index in [4.69, 9.17) is 4.74 Å². The molecule has 0 aromatic heterocycles. The third-order valence-electron chi connectivity index (χ3n) is 1.57. The minimum atomic E-state index is -3.25. The molecule has 0 fully saturated rings. The minimum Gasteiger partial charge on any atom is -0.378 e. The van der Waals surface area contributed by atoms with Gasteiger partial charge in [0.05, 0.1) is 18.5 Å². The van der Waals surface area contributed by atoms with E-state index >= 15 is 0 Å². The number of hydrogen-bond acceptors (Lipinski definition) is 3. The van der Waals surface area contributed by atoms with Crippen LogP contribution in [0.5, 0.6) is 0 Å². The van der Waals surface area contributed by atoms with Gasteiger partial charge < -0.3 is 4.74 Å². The minimum absolute atomic E-state index is 0.00160. The molecule has 0 atom stereocenters. The lowest BCUT2D eigenvalue weighted by atomic mass is 10.1. The first kappa shape index (κ1) is 15.3. The molecule has 0 bridgehead atoms. The summed E-state index contributed by atoms with van der Waals surface area (Å²) in [4.78, 5) is 0. The Morgan fingerprint density at radius 1 is 1.40 bits per heavy atom. The fourth-order valence-electron chi connectivity index (χ4n) is 0.893. The molecule has 0 aromatic carbocycles. The van der Waals surface area contributed by atoms with Crippen molar-refractivity contribution in [2.75, 3.05) is 17.7 Å². The summed E-state index contributed by atoms with van der Waals surface area (Å²) >= 11 is 3.26. The Kier molecular flexibility index (Phi) is 6.32. The molecule has 0 unspecified atom stereocenters. The van der Waals surface area contributed by atoms with Crippen LogP contribution in [-0.4, -0.2) is 37.8 Å². The maximum atomic E-state index is 11.6. The molecular formula is C9H20BrNO3S. The third-order valence-corrected chi connectivity index (χ3v) is 4.54. The fraction of sp³-hybridized carbons (Fsp3) is 1.00. The lowest BCUT2D eigenvalue weighted by Gasteiger charge is -2.23. The van der Waals surface area contributed by atoms with E-state index in [1.165, 1.54) is 0 Å². The van der Waals surface area contributed by atoms with Gasteiger partial charge in [-0.1, -0.05) is 15.9 Å². The standard InChI is InChI=1S/C9H20BrNO3S/c1-8(2)14-5-6-15(12,13)11-9(3,4)7-10/h8,11H,5-7H2,1-4H3. The molecule has 1 N–H and O–H groups in total. The number of nitrogens with one attached hydrogen (secondary N) is 1. The number of sulfonamides is 1. The van der Waals surface area contributed by atoms with Crippen LogP contribution in [0.4, 0.5) is 0 Å². The van der Waals surface area contributed by atoms with Crippen LogP contribution in [0.1, 0.15) is 27.7 Å². The summed E-state index contributed by atoms with van der Waals surface area (Å²) in [5.41, 5.74) is -0.462. The van der Waals surface area contributed by atoms with Crippen LogP contribution in [0.2, 0.25) is 0 Å². The van der Waals surface area contributed by atoms with E-state index in [9.17, 15) is 8.42 Å². The van der Waals surface area contributed by atoms with Gasteiger partial charge in [0.25, 0.3) is 0 Å². The Labute approximate surface area is 101 Å². The third kappa shape index (κ3) is 8.19. The summed E-state index contributed by atoms with van der Waals surface area (Å²) in [6, 6.07) is 0. The molecule has 0 aliphatic heterocycles. The van der Waals surface area contributed by atoms with Crippen LogP contribution < -0.4 is 4.72 Å². The second kappa shape index (κ2) is 6.18. The molecule has 0 aromatic rings. The van der Waals surface area contributed by atoms with E-state index < -0.39 is 15.6 Å². The smallest absolute Gasteiger partial charge is 0.214 e. The highest BCUT2D eigenvalue weighted by Crippen LogP contribution is 2.08. The Morgan fingerprint density at radius 2 is 1.93 bits per heavy atom. The van der Waals surface area contributed by atoms with Crippen molar-refractivity contribution < 1.29 is 13.2 Å². The van der Waals surface area contributed by atoms with E-state index in [2.05, 4.69) is 20.7 Å². The second-order valence-electron chi connectivity index (χ2n) is 4.36. The first-order valence-electron chi connectivity index (χ1n) is 4.88. The van der Waals surface area contributed by atoms with Gasteiger partial charge in [0.15, 0.2) is 0 Å². The highest BCUT2D eigenvalue weighted by molar-refractivity contribution is 9.09. The van der Waals surface area contributed by atoms with Gasteiger partial charge in [0.2, 0.25) is 10.0 Å². The topological polar surface area (TPSA) is 55.4 Å². The molecule has 0 amide bonds. The zero-order valence-electron chi connectivity index (χ0n) is 9.71. The molecule has 0 saturated carbocycles. The number of hydrogen-bond donors (Lipinski definition) is 1. The first-order chi connectivity index (χ1) is 6.68. The number of alkyl halides is 1. The van der Waals surface area contributed by atoms with E-state index in [1.807, 2.05) is 27.7 Å². The molecule has 0 heterocycles. The SMILES string of the molecule is CC(C)OCCS(=O)(=O)NC(C)(C)CBr. The summed E-state index contributed by atoms with van der Waals surface area (Å²) in [7, 11) is -3.25.